The Morgan fingerprint density at radius 2 is 2.58 bits per heavy atom. The van der Waals surface area contributed by atoms with Gasteiger partial charge in [-0.3, -0.25) is 0 Å². The fraction of sp³-hybridized carbons (Fsp3) is 0.571. The molecular weight excluding hydrogens is 174 g/mol. The third-order valence-corrected chi connectivity index (χ3v) is 3.13. The maximum atomic E-state index is 10.0. The molecular formula is C7H11N3OS. The molecule has 2 heterocycles. The summed E-state index contributed by atoms with van der Waals surface area (Å²) in [6.45, 7) is 1.46. The molecule has 4 N–H and O–H groups in total. The van der Waals surface area contributed by atoms with Gasteiger partial charge in [0.25, 0.3) is 0 Å². The van der Waals surface area contributed by atoms with Gasteiger partial charge in [-0.2, -0.15) is 0 Å². The average Bonchev–Trinajstić information content (AvgIpc) is 2.59. The van der Waals surface area contributed by atoms with Gasteiger partial charge in [0.1, 0.15) is 5.60 Å². The second kappa shape index (κ2) is 2.69. The van der Waals surface area contributed by atoms with Crippen LogP contribution in [0.1, 0.15) is 11.3 Å². The highest BCUT2D eigenvalue weighted by atomic mass is 32.1. The van der Waals surface area contributed by atoms with E-state index in [-0.39, 0.29) is 0 Å². The van der Waals surface area contributed by atoms with E-state index in [4.69, 9.17) is 5.73 Å². The molecule has 1 aromatic heterocycles. The third-order valence-electron chi connectivity index (χ3n) is 2.12. The third kappa shape index (κ3) is 1.20. The van der Waals surface area contributed by atoms with Crippen LogP contribution < -0.4 is 11.1 Å². The summed E-state index contributed by atoms with van der Waals surface area (Å²) >= 11 is 1.36. The molecule has 0 aliphatic carbocycles. The largest absolute Gasteiger partial charge is 0.383 e. The first kappa shape index (κ1) is 7.97. The molecule has 66 valence electrons. The van der Waals surface area contributed by atoms with Crippen molar-refractivity contribution < 1.29 is 5.11 Å². The van der Waals surface area contributed by atoms with Gasteiger partial charge in [-0.25, -0.2) is 4.98 Å². The maximum absolute atomic E-state index is 10.0. The smallest absolute Gasteiger partial charge is 0.180 e. The van der Waals surface area contributed by atoms with E-state index >= 15 is 0 Å². The first-order valence-corrected chi connectivity index (χ1v) is 4.67. The molecule has 1 aliphatic rings. The molecule has 0 radical (unpaired) electrons. The Kier molecular flexibility index (Phi) is 1.79. The zero-order valence-corrected chi connectivity index (χ0v) is 7.40. The van der Waals surface area contributed by atoms with Crippen molar-refractivity contribution in [1.82, 2.24) is 10.3 Å². The molecule has 12 heavy (non-hydrogen) atoms. The molecule has 4 nitrogen and oxygen atoms in total. The lowest BCUT2D eigenvalue weighted by atomic mass is 10.0. The number of thiazole rings is 1. The van der Waals surface area contributed by atoms with E-state index in [1.165, 1.54) is 11.3 Å². The Bertz CT molecular complexity index is 280. The Hall–Kier alpha value is -0.650. The SMILES string of the molecule is Nc1ncc(C2(O)CCNC2)s1. The summed E-state index contributed by atoms with van der Waals surface area (Å²) in [5.41, 5.74) is 4.75. The number of β-amino-alcohol motifs (C(OH)–C–C–N with tert-alkyl or cyclic N) is 1. The quantitative estimate of drug-likeness (QED) is 0.571. The molecule has 1 saturated heterocycles. The van der Waals surface area contributed by atoms with Crippen LogP contribution in [0.15, 0.2) is 6.20 Å². The lowest BCUT2D eigenvalue weighted by Gasteiger charge is -2.17. The van der Waals surface area contributed by atoms with Crippen LogP contribution in [0.2, 0.25) is 0 Å². The molecule has 2 rings (SSSR count). The van der Waals surface area contributed by atoms with Gasteiger partial charge < -0.3 is 16.2 Å². The monoisotopic (exact) mass is 185 g/mol. The van der Waals surface area contributed by atoms with Gasteiger partial charge in [0.15, 0.2) is 5.13 Å². The number of nitrogens with zero attached hydrogens (tertiary/aromatic N) is 1. The van der Waals surface area contributed by atoms with Gasteiger partial charge in [0, 0.05) is 12.7 Å². The molecule has 0 bridgehead atoms. The van der Waals surface area contributed by atoms with Crippen LogP contribution in [-0.2, 0) is 5.60 Å². The summed E-state index contributed by atoms with van der Waals surface area (Å²) in [5, 5.41) is 13.7. The van der Waals surface area contributed by atoms with Crippen molar-refractivity contribution in [2.45, 2.75) is 12.0 Å². The minimum Gasteiger partial charge on any atom is -0.383 e. The Labute approximate surface area is 74.4 Å². The van der Waals surface area contributed by atoms with Crippen LogP contribution in [0.3, 0.4) is 0 Å². The number of nitrogens with one attached hydrogen (secondary N) is 1. The van der Waals surface area contributed by atoms with E-state index in [1.54, 1.807) is 6.20 Å². The second-order valence-electron chi connectivity index (χ2n) is 3.02. The van der Waals surface area contributed by atoms with Crippen molar-refractivity contribution in [2.75, 3.05) is 18.8 Å². The van der Waals surface area contributed by atoms with Crippen molar-refractivity contribution in [2.24, 2.45) is 0 Å². The van der Waals surface area contributed by atoms with Crippen LogP contribution in [-0.4, -0.2) is 23.2 Å². The Morgan fingerprint density at radius 1 is 1.75 bits per heavy atom. The summed E-state index contributed by atoms with van der Waals surface area (Å²) in [6.07, 6.45) is 2.40. The van der Waals surface area contributed by atoms with E-state index in [0.717, 1.165) is 17.8 Å². The molecule has 1 aromatic rings. The molecule has 0 amide bonds. The average molecular weight is 185 g/mol. The first-order valence-electron chi connectivity index (χ1n) is 3.86. The molecule has 0 spiro atoms. The van der Waals surface area contributed by atoms with Crippen molar-refractivity contribution in [3.05, 3.63) is 11.1 Å². The minimum atomic E-state index is -0.727. The zero-order valence-electron chi connectivity index (χ0n) is 6.58. The normalized spacial score (nSPS) is 29.4. The van der Waals surface area contributed by atoms with Crippen molar-refractivity contribution in [1.29, 1.82) is 0 Å². The first-order chi connectivity index (χ1) is 5.71. The van der Waals surface area contributed by atoms with Crippen molar-refractivity contribution in [3.8, 4) is 0 Å². The highest BCUT2D eigenvalue weighted by Crippen LogP contribution is 2.32. The Balaban J connectivity index is 2.28. The molecule has 1 fully saturated rings. The van der Waals surface area contributed by atoms with Gasteiger partial charge in [-0.1, -0.05) is 11.3 Å². The summed E-state index contributed by atoms with van der Waals surface area (Å²) in [6, 6.07) is 0. The van der Waals surface area contributed by atoms with Crippen molar-refractivity contribution >= 4 is 16.5 Å². The lowest BCUT2D eigenvalue weighted by Crippen LogP contribution is -2.26. The number of hydrogen-bond donors (Lipinski definition) is 3. The second-order valence-corrected chi connectivity index (χ2v) is 4.08. The molecule has 0 aromatic carbocycles. The van der Waals surface area contributed by atoms with Crippen LogP contribution >= 0.6 is 11.3 Å². The summed E-state index contributed by atoms with van der Waals surface area (Å²) < 4.78 is 0. The molecule has 1 atom stereocenters. The predicted molar refractivity (Wildman–Crippen MR) is 47.9 cm³/mol. The highest BCUT2D eigenvalue weighted by molar-refractivity contribution is 7.15. The molecule has 1 aliphatic heterocycles. The number of hydrogen-bond acceptors (Lipinski definition) is 5. The highest BCUT2D eigenvalue weighted by Gasteiger charge is 2.34. The number of rotatable bonds is 1. The van der Waals surface area contributed by atoms with Crippen molar-refractivity contribution in [3.63, 3.8) is 0 Å². The fourth-order valence-electron chi connectivity index (χ4n) is 1.39. The van der Waals surface area contributed by atoms with Gasteiger partial charge in [0.05, 0.1) is 4.88 Å². The minimum absolute atomic E-state index is 0.519. The van der Waals surface area contributed by atoms with E-state index in [0.29, 0.717) is 11.7 Å². The molecule has 5 heteroatoms. The van der Waals surface area contributed by atoms with Gasteiger partial charge in [-0.05, 0) is 13.0 Å². The van der Waals surface area contributed by atoms with Crippen LogP contribution in [0.25, 0.3) is 0 Å². The number of anilines is 1. The topological polar surface area (TPSA) is 71.2 Å². The van der Waals surface area contributed by atoms with E-state index in [9.17, 15) is 5.11 Å². The maximum Gasteiger partial charge on any atom is 0.180 e. The Morgan fingerprint density at radius 3 is 3.08 bits per heavy atom. The van der Waals surface area contributed by atoms with Gasteiger partial charge in [0.2, 0.25) is 0 Å². The molecule has 0 saturated carbocycles. The predicted octanol–water partition coefficient (Wildman–Crippen LogP) is -0.0938. The fourth-order valence-corrected chi connectivity index (χ4v) is 2.19. The summed E-state index contributed by atoms with van der Waals surface area (Å²) in [7, 11) is 0. The summed E-state index contributed by atoms with van der Waals surface area (Å²) in [5.74, 6) is 0. The standard InChI is InChI=1S/C7H11N3OS/c8-6-10-3-5(12-6)7(11)1-2-9-4-7/h3,9,11H,1-2,4H2,(H2,8,10). The van der Waals surface area contributed by atoms with Crippen LogP contribution in [0, 0.1) is 0 Å². The van der Waals surface area contributed by atoms with Gasteiger partial charge >= 0.3 is 0 Å². The van der Waals surface area contributed by atoms with Gasteiger partial charge in [-0.15, -0.1) is 0 Å². The zero-order chi connectivity index (χ0) is 8.60. The van der Waals surface area contributed by atoms with E-state index in [1.807, 2.05) is 0 Å². The number of aliphatic hydroxyl groups is 1. The van der Waals surface area contributed by atoms with E-state index < -0.39 is 5.60 Å². The van der Waals surface area contributed by atoms with E-state index in [2.05, 4.69) is 10.3 Å². The van der Waals surface area contributed by atoms with Crippen LogP contribution in [0.5, 0.6) is 0 Å². The van der Waals surface area contributed by atoms with Crippen LogP contribution in [0.4, 0.5) is 5.13 Å². The number of nitrogens with two attached hydrogens (primary N) is 1. The molecule has 1 unspecified atom stereocenters. The number of nitrogen functional groups attached to an aromatic ring is 1. The number of aromatic nitrogens is 1. The lowest BCUT2D eigenvalue weighted by molar-refractivity contribution is 0.0624. The summed E-state index contributed by atoms with van der Waals surface area (Å²) in [4.78, 5) is 4.78.